The van der Waals surface area contributed by atoms with Gasteiger partial charge in [-0.25, -0.2) is 0 Å². The highest BCUT2D eigenvalue weighted by Crippen LogP contribution is 2.33. The minimum Gasteiger partial charge on any atom is -0.397 e. The smallest absolute Gasteiger partial charge is 0.292 e. The van der Waals surface area contributed by atoms with Crippen LogP contribution in [0.1, 0.15) is 38.5 Å². The number of ether oxygens (including phenoxy) is 2. The van der Waals surface area contributed by atoms with Gasteiger partial charge in [-0.1, -0.05) is 0 Å². The van der Waals surface area contributed by atoms with Crippen molar-refractivity contribution in [1.29, 1.82) is 0 Å². The van der Waals surface area contributed by atoms with Crippen LogP contribution in [0.2, 0.25) is 0 Å². The van der Waals surface area contributed by atoms with Crippen LogP contribution in [0.4, 0.5) is 34.1 Å². The Balaban J connectivity index is 0.000000209. The average molecular weight is 675 g/mol. The van der Waals surface area contributed by atoms with Gasteiger partial charge < -0.3 is 35.6 Å². The Morgan fingerprint density at radius 1 is 0.660 bits per heavy atom. The number of rotatable bonds is 11. The van der Waals surface area contributed by atoms with Crippen molar-refractivity contribution in [2.75, 3.05) is 131 Å². The third-order valence-corrected chi connectivity index (χ3v) is 9.32. The maximum absolute atomic E-state index is 11.3. The van der Waals surface area contributed by atoms with E-state index in [4.69, 9.17) is 15.2 Å². The van der Waals surface area contributed by atoms with Gasteiger partial charge in [-0.2, -0.15) is 0 Å². The lowest BCUT2D eigenvalue weighted by Crippen LogP contribution is -2.39. The normalized spacial score (nSPS) is 19.2. The standard InChI is InChI=1S/C17H26N4O3.C17H28N4O.ClH/c22-21(23)16-5-4-15(14-17(16)20-7-2-1-3-8-20)18-6-9-19-10-12-24-13-11-19;18-16-5-4-15(14-17(16)21-7-2-1-3-8-21)19-6-9-20-10-12-22-13-11-20;/h4-5,14,18H,1-3,6-13H2;4-5,14,19H,1-3,6-13,18H2;1H. The first-order chi connectivity index (χ1) is 22.6. The number of nitro groups is 1. The van der Waals surface area contributed by atoms with Crippen LogP contribution < -0.4 is 26.2 Å². The summed E-state index contributed by atoms with van der Waals surface area (Å²) in [5.41, 5.74) is 11.3. The van der Waals surface area contributed by atoms with Gasteiger partial charge in [0.15, 0.2) is 0 Å². The first-order valence-electron chi connectivity index (χ1n) is 17.3. The largest absolute Gasteiger partial charge is 0.397 e. The second-order valence-corrected chi connectivity index (χ2v) is 12.6. The van der Waals surface area contributed by atoms with Crippen molar-refractivity contribution < 1.29 is 14.4 Å². The molecule has 0 amide bonds. The number of nitrogen functional groups attached to an aromatic ring is 1. The molecule has 4 saturated heterocycles. The Kier molecular flexibility index (Phi) is 15.4. The third-order valence-electron chi connectivity index (χ3n) is 9.32. The second kappa shape index (κ2) is 19.7. The van der Waals surface area contributed by atoms with Gasteiger partial charge in [-0.15, -0.1) is 12.4 Å². The number of hydrogen-bond donors (Lipinski definition) is 3. The molecule has 4 N–H and O–H groups in total. The Bertz CT molecular complexity index is 1220. The topological polar surface area (TPSA) is 125 Å². The van der Waals surface area contributed by atoms with E-state index in [-0.39, 0.29) is 23.0 Å². The molecular formula is C34H55ClN8O4. The van der Waals surface area contributed by atoms with E-state index in [1.165, 1.54) is 37.1 Å². The second-order valence-electron chi connectivity index (χ2n) is 12.6. The van der Waals surface area contributed by atoms with E-state index < -0.39 is 0 Å². The van der Waals surface area contributed by atoms with Crippen LogP contribution in [0.25, 0.3) is 0 Å². The molecule has 2 aromatic carbocycles. The van der Waals surface area contributed by atoms with E-state index in [1.54, 1.807) is 6.07 Å². The fourth-order valence-electron chi connectivity index (χ4n) is 6.60. The molecule has 12 nitrogen and oxygen atoms in total. The fourth-order valence-corrected chi connectivity index (χ4v) is 6.60. The zero-order chi connectivity index (χ0) is 32.0. The van der Waals surface area contributed by atoms with Crippen LogP contribution in [-0.4, -0.2) is 120 Å². The monoisotopic (exact) mass is 674 g/mol. The quantitative estimate of drug-likeness (QED) is 0.174. The van der Waals surface area contributed by atoms with Crippen LogP contribution >= 0.6 is 12.4 Å². The van der Waals surface area contributed by atoms with Crippen molar-refractivity contribution in [2.45, 2.75) is 38.5 Å². The van der Waals surface area contributed by atoms with Crippen LogP contribution in [-0.2, 0) is 9.47 Å². The SMILES string of the molecule is Cl.Nc1ccc(NCCN2CCOCC2)cc1N1CCCCC1.O=[N+]([O-])c1ccc(NCCN2CCOCC2)cc1N1CCCCC1. The molecule has 4 aliphatic heterocycles. The van der Waals surface area contributed by atoms with Gasteiger partial charge in [-0.05, 0) is 68.9 Å². The van der Waals surface area contributed by atoms with Gasteiger partial charge >= 0.3 is 0 Å². The van der Waals surface area contributed by atoms with E-state index in [0.29, 0.717) is 0 Å². The number of halogens is 1. The highest BCUT2D eigenvalue weighted by Gasteiger charge is 2.22. The minimum absolute atomic E-state index is 0. The maximum Gasteiger partial charge on any atom is 0.292 e. The predicted octanol–water partition coefficient (Wildman–Crippen LogP) is 4.75. The zero-order valence-corrected chi connectivity index (χ0v) is 28.7. The van der Waals surface area contributed by atoms with E-state index in [2.05, 4.69) is 42.4 Å². The minimum atomic E-state index is -0.276. The van der Waals surface area contributed by atoms with Crippen molar-refractivity contribution in [3.63, 3.8) is 0 Å². The molecule has 0 spiro atoms. The number of benzene rings is 2. The summed E-state index contributed by atoms with van der Waals surface area (Å²) in [6.45, 7) is 15.2. The number of hydrogen-bond acceptors (Lipinski definition) is 11. The molecule has 47 heavy (non-hydrogen) atoms. The molecule has 13 heteroatoms. The van der Waals surface area contributed by atoms with Gasteiger partial charge in [0, 0.05) is 96.0 Å². The molecule has 6 rings (SSSR count). The first kappa shape index (κ1) is 36.8. The molecule has 2 aromatic rings. The van der Waals surface area contributed by atoms with Crippen molar-refractivity contribution in [3.8, 4) is 0 Å². The Hall–Kier alpha value is -3.03. The molecule has 0 aromatic heterocycles. The summed E-state index contributed by atoms with van der Waals surface area (Å²) in [6, 6.07) is 11.7. The van der Waals surface area contributed by atoms with Gasteiger partial charge in [0.05, 0.1) is 42.7 Å². The van der Waals surface area contributed by atoms with Crippen LogP contribution in [0.15, 0.2) is 36.4 Å². The molecule has 0 atom stereocenters. The van der Waals surface area contributed by atoms with E-state index in [9.17, 15) is 10.1 Å². The Morgan fingerprint density at radius 3 is 1.60 bits per heavy atom. The molecule has 4 heterocycles. The van der Waals surface area contributed by atoms with Crippen molar-refractivity contribution in [1.82, 2.24) is 9.80 Å². The van der Waals surface area contributed by atoms with E-state index >= 15 is 0 Å². The zero-order valence-electron chi connectivity index (χ0n) is 27.9. The maximum atomic E-state index is 11.3. The van der Waals surface area contributed by atoms with Gasteiger partial charge in [0.1, 0.15) is 5.69 Å². The summed E-state index contributed by atoms with van der Waals surface area (Å²) in [7, 11) is 0. The number of nitrogens with one attached hydrogen (secondary N) is 2. The molecule has 0 bridgehead atoms. The van der Waals surface area contributed by atoms with E-state index in [1.807, 2.05) is 18.2 Å². The molecule has 0 unspecified atom stereocenters. The summed E-state index contributed by atoms with van der Waals surface area (Å²) in [4.78, 5) is 20.4. The van der Waals surface area contributed by atoms with Gasteiger partial charge in [0.2, 0.25) is 0 Å². The van der Waals surface area contributed by atoms with Gasteiger partial charge in [-0.3, -0.25) is 19.9 Å². The summed E-state index contributed by atoms with van der Waals surface area (Å²) < 4.78 is 10.7. The molecule has 0 aliphatic carbocycles. The molecule has 0 saturated carbocycles. The Morgan fingerprint density at radius 2 is 1.11 bits per heavy atom. The van der Waals surface area contributed by atoms with Crippen LogP contribution in [0.3, 0.4) is 0 Å². The molecular weight excluding hydrogens is 620 g/mol. The van der Waals surface area contributed by atoms with Crippen molar-refractivity contribution in [3.05, 3.63) is 46.5 Å². The summed E-state index contributed by atoms with van der Waals surface area (Å²) in [6.07, 6.45) is 7.30. The number of anilines is 5. The fraction of sp³-hybridized carbons (Fsp3) is 0.647. The van der Waals surface area contributed by atoms with Crippen molar-refractivity contribution in [2.24, 2.45) is 0 Å². The lowest BCUT2D eigenvalue weighted by atomic mass is 10.1. The lowest BCUT2D eigenvalue weighted by molar-refractivity contribution is -0.384. The number of nitrogens with two attached hydrogens (primary N) is 1. The summed E-state index contributed by atoms with van der Waals surface area (Å²) >= 11 is 0. The Labute approximate surface area is 286 Å². The van der Waals surface area contributed by atoms with Crippen LogP contribution in [0, 0.1) is 10.1 Å². The van der Waals surface area contributed by atoms with Crippen LogP contribution in [0.5, 0.6) is 0 Å². The van der Waals surface area contributed by atoms with E-state index in [0.717, 1.165) is 135 Å². The van der Waals surface area contributed by atoms with Gasteiger partial charge in [0.25, 0.3) is 5.69 Å². The summed E-state index contributed by atoms with van der Waals surface area (Å²) in [5, 5.41) is 18.3. The molecule has 0 radical (unpaired) electrons. The predicted molar refractivity (Wildman–Crippen MR) is 195 cm³/mol. The summed E-state index contributed by atoms with van der Waals surface area (Å²) in [5.74, 6) is 0. The highest BCUT2D eigenvalue weighted by atomic mass is 35.5. The van der Waals surface area contributed by atoms with Crippen molar-refractivity contribution >= 4 is 46.5 Å². The molecule has 262 valence electrons. The molecule has 4 fully saturated rings. The average Bonchev–Trinajstić information content (AvgIpc) is 3.11. The number of piperidine rings is 2. The third kappa shape index (κ3) is 11.6. The number of nitrogens with zero attached hydrogens (tertiary/aromatic N) is 5. The number of morpholine rings is 2. The number of nitro benzene ring substituents is 1. The highest BCUT2D eigenvalue weighted by molar-refractivity contribution is 5.85. The molecule has 4 aliphatic rings. The first-order valence-corrected chi connectivity index (χ1v) is 17.3. The lowest BCUT2D eigenvalue weighted by Gasteiger charge is -2.30.